The summed E-state index contributed by atoms with van der Waals surface area (Å²) in [6, 6.07) is 5.00. The largest absolute Gasteiger partial charge is 0.481 e. The van der Waals surface area contributed by atoms with Gasteiger partial charge in [0.1, 0.15) is 6.42 Å². The van der Waals surface area contributed by atoms with Crippen molar-refractivity contribution in [1.82, 2.24) is 0 Å². The first kappa shape index (κ1) is 13.7. The summed E-state index contributed by atoms with van der Waals surface area (Å²) >= 11 is 0. The number of aryl methyl sites for hydroxylation is 1. The maximum absolute atomic E-state index is 11.3. The molecule has 0 aliphatic rings. The molecule has 0 spiro atoms. The summed E-state index contributed by atoms with van der Waals surface area (Å²) in [6.45, 7) is 3.15. The van der Waals surface area contributed by atoms with Crippen molar-refractivity contribution in [2.45, 2.75) is 20.3 Å². The Balaban J connectivity index is 2.84. The maximum atomic E-state index is 11.3. The molecule has 0 saturated carbocycles. The second-order valence-electron chi connectivity index (χ2n) is 3.83. The second kappa shape index (κ2) is 5.81. The molecule has 0 bridgehead atoms. The minimum atomic E-state index is -1.19. The lowest BCUT2D eigenvalue weighted by Crippen LogP contribution is -2.17. The van der Waals surface area contributed by atoms with E-state index in [-0.39, 0.29) is 5.91 Å². The standard InChI is InChI=1S/C12H14N2O4/c1-7-3-4-9(13-8(2)15)5-10(7)14-11(16)6-12(17)18/h3-5H,6H2,1-2H3,(H,13,15)(H,14,16)(H,17,18). The van der Waals surface area contributed by atoms with E-state index in [1.807, 2.05) is 0 Å². The Labute approximate surface area is 104 Å². The van der Waals surface area contributed by atoms with Crippen molar-refractivity contribution in [2.24, 2.45) is 0 Å². The number of carboxylic acids is 1. The number of carbonyl (C=O) groups excluding carboxylic acids is 2. The average molecular weight is 250 g/mol. The molecule has 1 rings (SSSR count). The zero-order valence-corrected chi connectivity index (χ0v) is 10.1. The van der Waals surface area contributed by atoms with Crippen LogP contribution in [0.3, 0.4) is 0 Å². The minimum absolute atomic E-state index is 0.221. The Morgan fingerprint density at radius 2 is 1.89 bits per heavy atom. The van der Waals surface area contributed by atoms with Crippen LogP contribution in [0.1, 0.15) is 18.9 Å². The predicted octanol–water partition coefficient (Wildman–Crippen LogP) is 1.37. The van der Waals surface area contributed by atoms with E-state index in [9.17, 15) is 14.4 Å². The highest BCUT2D eigenvalue weighted by atomic mass is 16.4. The SMILES string of the molecule is CC(=O)Nc1ccc(C)c(NC(=O)CC(=O)O)c1. The van der Waals surface area contributed by atoms with E-state index in [0.29, 0.717) is 11.4 Å². The molecule has 6 heteroatoms. The number of carboxylic acid groups (broad SMARTS) is 1. The van der Waals surface area contributed by atoms with Crippen LogP contribution >= 0.6 is 0 Å². The predicted molar refractivity (Wildman–Crippen MR) is 66.4 cm³/mol. The van der Waals surface area contributed by atoms with E-state index in [1.54, 1.807) is 25.1 Å². The fourth-order valence-corrected chi connectivity index (χ4v) is 1.37. The van der Waals surface area contributed by atoms with Gasteiger partial charge in [-0.1, -0.05) is 6.07 Å². The first-order valence-corrected chi connectivity index (χ1v) is 5.28. The summed E-state index contributed by atoms with van der Waals surface area (Å²) in [6.07, 6.45) is -0.593. The lowest BCUT2D eigenvalue weighted by Gasteiger charge is -2.10. The highest BCUT2D eigenvalue weighted by Crippen LogP contribution is 2.20. The van der Waals surface area contributed by atoms with Crippen molar-refractivity contribution in [2.75, 3.05) is 10.6 Å². The van der Waals surface area contributed by atoms with E-state index < -0.39 is 18.3 Å². The number of nitrogens with one attached hydrogen (secondary N) is 2. The summed E-state index contributed by atoms with van der Waals surface area (Å²) in [5, 5.41) is 13.6. The molecule has 1 aromatic carbocycles. The van der Waals surface area contributed by atoms with Crippen molar-refractivity contribution in [3.8, 4) is 0 Å². The Bertz CT molecular complexity index is 497. The number of amides is 2. The van der Waals surface area contributed by atoms with Crippen LogP contribution in [0.25, 0.3) is 0 Å². The Kier molecular flexibility index (Phi) is 4.42. The molecule has 0 aromatic heterocycles. The van der Waals surface area contributed by atoms with Crippen LogP contribution in [0, 0.1) is 6.92 Å². The lowest BCUT2D eigenvalue weighted by atomic mass is 10.1. The average Bonchev–Trinajstić information content (AvgIpc) is 2.21. The number of hydrogen-bond acceptors (Lipinski definition) is 3. The molecule has 0 atom stereocenters. The first-order chi connectivity index (χ1) is 8.38. The van der Waals surface area contributed by atoms with Gasteiger partial charge in [0.05, 0.1) is 0 Å². The first-order valence-electron chi connectivity index (χ1n) is 5.28. The molecule has 6 nitrogen and oxygen atoms in total. The highest BCUT2D eigenvalue weighted by Gasteiger charge is 2.09. The van der Waals surface area contributed by atoms with Gasteiger partial charge in [-0.25, -0.2) is 0 Å². The summed E-state index contributed by atoms with van der Waals surface area (Å²) in [4.78, 5) is 32.6. The van der Waals surface area contributed by atoms with Crippen LogP contribution in [-0.4, -0.2) is 22.9 Å². The van der Waals surface area contributed by atoms with Gasteiger partial charge in [-0.05, 0) is 24.6 Å². The molecule has 0 aliphatic carbocycles. The molecule has 0 saturated heterocycles. The Morgan fingerprint density at radius 1 is 1.22 bits per heavy atom. The molecular formula is C12H14N2O4. The van der Waals surface area contributed by atoms with Gasteiger partial charge in [0.2, 0.25) is 11.8 Å². The summed E-state index contributed by atoms with van der Waals surface area (Å²) < 4.78 is 0. The molecule has 0 aliphatic heterocycles. The molecule has 18 heavy (non-hydrogen) atoms. The quantitative estimate of drug-likeness (QED) is 0.703. The molecule has 0 unspecified atom stereocenters. The monoisotopic (exact) mass is 250 g/mol. The van der Waals surface area contributed by atoms with Gasteiger partial charge < -0.3 is 15.7 Å². The van der Waals surface area contributed by atoms with Gasteiger partial charge in [-0.15, -0.1) is 0 Å². The summed E-state index contributed by atoms with van der Waals surface area (Å²) in [7, 11) is 0. The third kappa shape index (κ3) is 4.25. The molecule has 0 heterocycles. The smallest absolute Gasteiger partial charge is 0.312 e. The third-order valence-corrected chi connectivity index (χ3v) is 2.14. The van der Waals surface area contributed by atoms with Gasteiger partial charge >= 0.3 is 5.97 Å². The number of hydrogen-bond donors (Lipinski definition) is 3. The third-order valence-electron chi connectivity index (χ3n) is 2.14. The van der Waals surface area contributed by atoms with E-state index in [1.165, 1.54) is 6.92 Å². The fourth-order valence-electron chi connectivity index (χ4n) is 1.37. The van der Waals surface area contributed by atoms with Crippen molar-refractivity contribution in [3.63, 3.8) is 0 Å². The number of benzene rings is 1. The van der Waals surface area contributed by atoms with Crippen LogP contribution in [-0.2, 0) is 14.4 Å². The van der Waals surface area contributed by atoms with E-state index >= 15 is 0 Å². The number of anilines is 2. The Morgan fingerprint density at radius 3 is 2.44 bits per heavy atom. The molecule has 0 radical (unpaired) electrons. The van der Waals surface area contributed by atoms with Crippen LogP contribution in [0.2, 0.25) is 0 Å². The molecular weight excluding hydrogens is 236 g/mol. The number of carbonyl (C=O) groups is 3. The van der Waals surface area contributed by atoms with Crippen LogP contribution in [0.4, 0.5) is 11.4 Å². The van der Waals surface area contributed by atoms with Crippen molar-refractivity contribution in [3.05, 3.63) is 23.8 Å². The number of aliphatic carboxylic acids is 1. The zero-order valence-electron chi connectivity index (χ0n) is 10.1. The summed E-state index contributed by atoms with van der Waals surface area (Å²) in [5.41, 5.74) is 1.80. The highest BCUT2D eigenvalue weighted by molar-refractivity contribution is 6.02. The number of rotatable bonds is 4. The normalized spacial score (nSPS) is 9.67. The second-order valence-corrected chi connectivity index (χ2v) is 3.83. The Hall–Kier alpha value is -2.37. The van der Waals surface area contributed by atoms with Gasteiger partial charge in [0.25, 0.3) is 0 Å². The molecule has 96 valence electrons. The lowest BCUT2D eigenvalue weighted by molar-refractivity contribution is -0.139. The van der Waals surface area contributed by atoms with Crippen molar-refractivity contribution >= 4 is 29.2 Å². The van der Waals surface area contributed by atoms with Gasteiger partial charge in [0.15, 0.2) is 0 Å². The zero-order chi connectivity index (χ0) is 13.7. The molecule has 2 amide bonds. The van der Waals surface area contributed by atoms with Crippen LogP contribution in [0.5, 0.6) is 0 Å². The van der Waals surface area contributed by atoms with E-state index in [0.717, 1.165) is 5.56 Å². The maximum Gasteiger partial charge on any atom is 0.312 e. The van der Waals surface area contributed by atoms with Crippen molar-refractivity contribution in [1.29, 1.82) is 0 Å². The summed E-state index contributed by atoms with van der Waals surface area (Å²) in [5.74, 6) is -2.02. The van der Waals surface area contributed by atoms with Gasteiger partial charge in [0, 0.05) is 18.3 Å². The molecule has 1 aromatic rings. The van der Waals surface area contributed by atoms with Gasteiger partial charge in [-0.2, -0.15) is 0 Å². The van der Waals surface area contributed by atoms with E-state index in [2.05, 4.69) is 10.6 Å². The van der Waals surface area contributed by atoms with Crippen molar-refractivity contribution < 1.29 is 19.5 Å². The minimum Gasteiger partial charge on any atom is -0.481 e. The van der Waals surface area contributed by atoms with Crippen LogP contribution in [0.15, 0.2) is 18.2 Å². The van der Waals surface area contributed by atoms with Gasteiger partial charge in [-0.3, -0.25) is 14.4 Å². The fraction of sp³-hybridized carbons (Fsp3) is 0.250. The molecule has 3 N–H and O–H groups in total. The topological polar surface area (TPSA) is 95.5 Å². The van der Waals surface area contributed by atoms with Crippen LogP contribution < -0.4 is 10.6 Å². The van der Waals surface area contributed by atoms with E-state index in [4.69, 9.17) is 5.11 Å². The molecule has 0 fully saturated rings.